The van der Waals surface area contributed by atoms with Crippen molar-refractivity contribution >= 4 is 22.4 Å². The minimum atomic E-state index is -0.422. The second-order valence-corrected chi connectivity index (χ2v) is 9.32. The maximum atomic E-state index is 10.4. The minimum Gasteiger partial charge on any atom is -0.388 e. The first kappa shape index (κ1) is 15.9. The van der Waals surface area contributed by atoms with Crippen LogP contribution in [-0.4, -0.2) is 17.1 Å². The number of nitrogens with two attached hydrogens (primary N) is 1. The van der Waals surface area contributed by atoms with Crippen LogP contribution in [0.1, 0.15) is 49.3 Å². The molecule has 27 heavy (non-hydrogen) atoms. The minimum absolute atomic E-state index is 0.403. The van der Waals surface area contributed by atoms with E-state index in [-0.39, 0.29) is 0 Å². The van der Waals surface area contributed by atoms with E-state index >= 15 is 0 Å². The molecule has 4 N–H and O–H groups in total. The van der Waals surface area contributed by atoms with E-state index in [9.17, 15) is 5.11 Å². The first-order valence-electron chi connectivity index (χ1n) is 10.5. The van der Waals surface area contributed by atoms with Crippen LogP contribution in [-0.2, 0) is 6.42 Å². The van der Waals surface area contributed by atoms with Crippen LogP contribution in [0.4, 0.5) is 5.69 Å². The molecular formula is C23H27N3O. The number of hydrogen-bond donors (Lipinski definition) is 3. The highest BCUT2D eigenvalue weighted by Gasteiger charge is 2.48. The van der Waals surface area contributed by atoms with E-state index in [4.69, 9.17) is 10.7 Å². The van der Waals surface area contributed by atoms with E-state index in [0.717, 1.165) is 34.9 Å². The van der Waals surface area contributed by atoms with E-state index in [1.165, 1.54) is 48.4 Å². The van der Waals surface area contributed by atoms with Crippen molar-refractivity contribution in [1.82, 2.24) is 0 Å². The van der Waals surface area contributed by atoms with Gasteiger partial charge in [0.15, 0.2) is 5.96 Å². The number of aliphatic hydroxyl groups excluding tert-OH is 1. The molecule has 0 aromatic heterocycles. The van der Waals surface area contributed by atoms with Crippen molar-refractivity contribution in [1.29, 1.82) is 0 Å². The average molecular weight is 361 g/mol. The van der Waals surface area contributed by atoms with Crippen molar-refractivity contribution in [2.75, 3.05) is 5.32 Å². The number of nitrogens with zero attached hydrogens (tertiary/aromatic N) is 1. The molecule has 0 saturated heterocycles. The Morgan fingerprint density at radius 1 is 1.00 bits per heavy atom. The first-order chi connectivity index (χ1) is 13.2. The van der Waals surface area contributed by atoms with Gasteiger partial charge in [0, 0.05) is 12.1 Å². The van der Waals surface area contributed by atoms with Gasteiger partial charge in [-0.2, -0.15) is 0 Å². The van der Waals surface area contributed by atoms with Gasteiger partial charge < -0.3 is 16.2 Å². The summed E-state index contributed by atoms with van der Waals surface area (Å²) in [7, 11) is 0. The Bertz CT molecular complexity index is 922. The third-order valence-corrected chi connectivity index (χ3v) is 7.67. The molecule has 1 unspecified atom stereocenters. The van der Waals surface area contributed by atoms with Crippen LogP contribution in [0.2, 0.25) is 0 Å². The zero-order valence-electron chi connectivity index (χ0n) is 15.6. The normalized spacial score (nSPS) is 36.6. The molecule has 4 fully saturated rings. The van der Waals surface area contributed by atoms with E-state index in [1.54, 1.807) is 0 Å². The lowest BCUT2D eigenvalue weighted by atomic mass is 9.54. The van der Waals surface area contributed by atoms with E-state index in [2.05, 4.69) is 23.5 Å². The van der Waals surface area contributed by atoms with Crippen LogP contribution in [0, 0.1) is 23.7 Å². The number of benzene rings is 2. The lowest BCUT2D eigenvalue weighted by Gasteiger charge is -2.53. The average Bonchev–Trinajstić information content (AvgIpc) is 2.99. The lowest BCUT2D eigenvalue weighted by molar-refractivity contribution is 0.00124. The second-order valence-electron chi connectivity index (χ2n) is 9.32. The van der Waals surface area contributed by atoms with Crippen LogP contribution in [0.15, 0.2) is 35.3 Å². The smallest absolute Gasteiger partial charge is 0.193 e. The van der Waals surface area contributed by atoms with E-state index in [0.29, 0.717) is 18.4 Å². The highest BCUT2D eigenvalue weighted by Crippen LogP contribution is 2.54. The predicted octanol–water partition coefficient (Wildman–Crippen LogP) is 3.98. The topological polar surface area (TPSA) is 70.6 Å². The molecule has 0 heterocycles. The van der Waals surface area contributed by atoms with Crippen molar-refractivity contribution in [3.8, 4) is 0 Å². The molecule has 4 saturated carbocycles. The third-order valence-electron chi connectivity index (χ3n) is 7.67. The van der Waals surface area contributed by atoms with Gasteiger partial charge in [-0.05, 0) is 83.7 Å². The quantitative estimate of drug-likeness (QED) is 0.560. The zero-order chi connectivity index (χ0) is 18.1. The Balaban J connectivity index is 1.30. The first-order valence-corrected chi connectivity index (χ1v) is 10.5. The summed E-state index contributed by atoms with van der Waals surface area (Å²) in [5.74, 6) is 3.92. The molecular weight excluding hydrogens is 334 g/mol. The van der Waals surface area contributed by atoms with Gasteiger partial charge in [-0.3, -0.25) is 0 Å². The Morgan fingerprint density at radius 2 is 1.74 bits per heavy atom. The van der Waals surface area contributed by atoms with Crippen molar-refractivity contribution in [3.05, 3.63) is 41.5 Å². The number of aliphatic hydroxyl groups is 1. The Kier molecular flexibility index (Phi) is 3.37. The Hall–Kier alpha value is -2.07. The molecule has 0 aliphatic heterocycles. The molecule has 7 rings (SSSR count). The summed E-state index contributed by atoms with van der Waals surface area (Å²) in [5, 5.41) is 16.2. The molecule has 5 aliphatic carbocycles. The van der Waals surface area contributed by atoms with Crippen LogP contribution in [0.3, 0.4) is 0 Å². The van der Waals surface area contributed by atoms with Gasteiger partial charge in [-0.25, -0.2) is 4.99 Å². The summed E-state index contributed by atoms with van der Waals surface area (Å²) in [6.07, 6.45) is 7.09. The largest absolute Gasteiger partial charge is 0.388 e. The van der Waals surface area contributed by atoms with Crippen molar-refractivity contribution < 1.29 is 5.11 Å². The summed E-state index contributed by atoms with van der Waals surface area (Å²) >= 11 is 0. The van der Waals surface area contributed by atoms with Crippen molar-refractivity contribution in [2.24, 2.45) is 34.4 Å². The van der Waals surface area contributed by atoms with Gasteiger partial charge in [-0.15, -0.1) is 0 Å². The molecule has 2 aromatic rings. The second kappa shape index (κ2) is 5.71. The molecule has 2 aromatic carbocycles. The number of nitrogens with one attached hydrogen (secondary N) is 1. The lowest BCUT2D eigenvalue weighted by Crippen LogP contribution is -2.48. The van der Waals surface area contributed by atoms with E-state index in [1.807, 2.05) is 12.1 Å². The molecule has 0 spiro atoms. The van der Waals surface area contributed by atoms with Crippen LogP contribution in [0.5, 0.6) is 0 Å². The summed E-state index contributed by atoms with van der Waals surface area (Å²) in [5.41, 5.74) is 9.57. The summed E-state index contributed by atoms with van der Waals surface area (Å²) < 4.78 is 0. The van der Waals surface area contributed by atoms with Crippen molar-refractivity contribution in [2.45, 2.75) is 50.7 Å². The maximum Gasteiger partial charge on any atom is 0.193 e. The van der Waals surface area contributed by atoms with E-state index < -0.39 is 6.10 Å². The fourth-order valence-electron chi connectivity index (χ4n) is 6.83. The molecule has 5 aliphatic rings. The van der Waals surface area contributed by atoms with Crippen molar-refractivity contribution in [3.63, 3.8) is 0 Å². The Morgan fingerprint density at radius 3 is 2.48 bits per heavy atom. The fraction of sp³-hybridized carbons (Fsp3) is 0.522. The molecule has 0 amide bonds. The zero-order valence-corrected chi connectivity index (χ0v) is 15.6. The number of guanidine groups is 1. The number of aliphatic imine (C=N–C) groups is 1. The molecule has 140 valence electrons. The molecule has 0 radical (unpaired) electrons. The highest BCUT2D eigenvalue weighted by atomic mass is 16.3. The summed E-state index contributed by atoms with van der Waals surface area (Å²) in [6, 6.07) is 10.7. The third kappa shape index (κ3) is 2.42. The van der Waals surface area contributed by atoms with Crippen LogP contribution in [0.25, 0.3) is 10.8 Å². The van der Waals surface area contributed by atoms with Gasteiger partial charge in [0.1, 0.15) is 0 Å². The van der Waals surface area contributed by atoms with Gasteiger partial charge in [0.2, 0.25) is 0 Å². The van der Waals surface area contributed by atoms with Crippen LogP contribution < -0.4 is 11.1 Å². The maximum absolute atomic E-state index is 10.4. The SMILES string of the molecule is NC(=NC1C2CC3CC(C2)CC1C3)Nc1ccc2cccc3c2c1CC3O. The van der Waals surface area contributed by atoms with Gasteiger partial charge >= 0.3 is 0 Å². The molecule has 4 bridgehead atoms. The van der Waals surface area contributed by atoms with Crippen LogP contribution >= 0.6 is 0 Å². The monoisotopic (exact) mass is 361 g/mol. The predicted molar refractivity (Wildman–Crippen MR) is 109 cm³/mol. The fourth-order valence-corrected chi connectivity index (χ4v) is 6.83. The Labute approximate surface area is 159 Å². The highest BCUT2D eigenvalue weighted by molar-refractivity contribution is 6.00. The standard InChI is InChI=1S/C23H27N3O/c24-23(26-22-15-7-12-6-13(9-15)10-16(22)8-12)25-19-5-4-14-2-1-3-17-20(27)11-18(19)21(14)17/h1-5,12-13,15-16,20,22,27H,6-11H2,(H3,24,25,26). The summed E-state index contributed by atoms with van der Waals surface area (Å²) in [6.45, 7) is 0. The summed E-state index contributed by atoms with van der Waals surface area (Å²) in [4.78, 5) is 4.98. The number of anilines is 1. The molecule has 4 heteroatoms. The van der Waals surface area contributed by atoms with Gasteiger partial charge in [0.05, 0.1) is 12.1 Å². The van der Waals surface area contributed by atoms with Gasteiger partial charge in [0.25, 0.3) is 0 Å². The number of hydrogen-bond acceptors (Lipinski definition) is 2. The van der Waals surface area contributed by atoms with Gasteiger partial charge in [-0.1, -0.05) is 24.3 Å². The molecule has 4 nitrogen and oxygen atoms in total. The number of rotatable bonds is 2. The molecule has 1 atom stereocenters.